The topological polar surface area (TPSA) is 118 Å². The van der Waals surface area contributed by atoms with E-state index in [1.807, 2.05) is 6.92 Å². The lowest BCUT2D eigenvalue weighted by Crippen LogP contribution is -2.50. The minimum absolute atomic E-state index is 0.0844. The lowest BCUT2D eigenvalue weighted by molar-refractivity contribution is -0.286. The molecule has 208 valence electrons. The van der Waals surface area contributed by atoms with Crippen LogP contribution in [0.25, 0.3) is 0 Å². The van der Waals surface area contributed by atoms with Gasteiger partial charge in [-0.1, -0.05) is 12.1 Å². The predicted octanol–water partition coefficient (Wildman–Crippen LogP) is 2.30. The summed E-state index contributed by atoms with van der Waals surface area (Å²) in [5.41, 5.74) is 1.17. The number of aryl methyl sites for hydroxylation is 2. The lowest BCUT2D eigenvalue weighted by atomic mass is 9.89. The second-order valence-corrected chi connectivity index (χ2v) is 12.1. The number of piperidine rings is 1. The highest BCUT2D eigenvalue weighted by Gasteiger charge is 2.50. The molecule has 1 fully saturated rings. The highest BCUT2D eigenvalue weighted by Crippen LogP contribution is 2.44. The maximum atomic E-state index is 13.6. The molecular weight excluding hydrogens is 534 g/mol. The van der Waals surface area contributed by atoms with Crippen LogP contribution in [-0.2, 0) is 21.2 Å². The van der Waals surface area contributed by atoms with Gasteiger partial charge in [0.15, 0.2) is 11.5 Å². The number of hydrogen-bond donors (Lipinski definition) is 1. The Kier molecular flexibility index (Phi) is 6.62. The number of fused-ring (bicyclic) bond motifs is 1. The third-order valence-electron chi connectivity index (χ3n) is 7.23. The van der Waals surface area contributed by atoms with E-state index in [9.17, 15) is 26.8 Å². The Labute approximate surface area is 224 Å². The first kappa shape index (κ1) is 27.0. The van der Waals surface area contributed by atoms with Crippen LogP contribution < -0.4 is 14.8 Å². The molecule has 0 atom stereocenters. The average Bonchev–Trinajstić information content (AvgIpc) is 3.37. The van der Waals surface area contributed by atoms with Gasteiger partial charge in [0.05, 0.1) is 11.3 Å². The van der Waals surface area contributed by atoms with Crippen molar-refractivity contribution in [3.63, 3.8) is 0 Å². The van der Waals surface area contributed by atoms with Gasteiger partial charge in [0.1, 0.15) is 11.4 Å². The van der Waals surface area contributed by atoms with E-state index in [1.165, 1.54) is 27.4 Å². The van der Waals surface area contributed by atoms with Crippen LogP contribution in [-0.4, -0.2) is 80.0 Å². The Bertz CT molecular complexity index is 1480. The normalized spacial score (nSPS) is 19.6. The van der Waals surface area contributed by atoms with Crippen molar-refractivity contribution < 1.29 is 36.3 Å². The number of sulfonamides is 1. The van der Waals surface area contributed by atoms with Crippen molar-refractivity contribution in [2.45, 2.75) is 38.0 Å². The summed E-state index contributed by atoms with van der Waals surface area (Å²) in [6.07, 6.45) is -3.25. The number of aliphatic imine (C=N–C) groups is 1. The highest BCUT2D eigenvalue weighted by molar-refractivity contribution is 7.89. The molecule has 1 spiro atoms. The number of para-hydroxylation sites is 1. The molecule has 0 radical (unpaired) electrons. The number of ether oxygens (including phenoxy) is 2. The zero-order chi connectivity index (χ0) is 28.2. The first-order chi connectivity index (χ1) is 18.3. The van der Waals surface area contributed by atoms with Crippen molar-refractivity contribution in [2.75, 3.05) is 32.9 Å². The van der Waals surface area contributed by atoms with E-state index >= 15 is 0 Å². The number of carbonyl (C=O) groups excluding carboxylic acids is 2. The molecule has 0 aromatic heterocycles. The minimum atomic E-state index is -3.82. The van der Waals surface area contributed by atoms with Crippen LogP contribution in [0.5, 0.6) is 11.5 Å². The molecule has 2 aromatic carbocycles. The molecule has 3 aliphatic heterocycles. The van der Waals surface area contributed by atoms with E-state index in [1.54, 1.807) is 32.3 Å². The van der Waals surface area contributed by atoms with Crippen LogP contribution in [0.3, 0.4) is 0 Å². The average molecular weight is 563 g/mol. The number of rotatable bonds is 6. The van der Waals surface area contributed by atoms with Gasteiger partial charge in [0.2, 0.25) is 10.0 Å². The standard InChI is InChI=1S/C26H28F2N4O6S/c1-16-15-18(23(33)31(2)3)8-7-17(16)9-14-39(35,36)32-12-10-25(11-13-32)24(34)29-22(30-25)19-5-4-6-20-21(19)38-26(27,28)37-20/h4-8,15H,9-14H2,1-3H3,(H,29,30,34). The van der Waals surface area contributed by atoms with Crippen LogP contribution in [0.2, 0.25) is 0 Å². The van der Waals surface area contributed by atoms with E-state index in [-0.39, 0.29) is 66.9 Å². The summed E-state index contributed by atoms with van der Waals surface area (Å²) in [6, 6.07) is 9.53. The van der Waals surface area contributed by atoms with Gasteiger partial charge >= 0.3 is 6.29 Å². The molecule has 3 heterocycles. The number of amidine groups is 1. The largest absolute Gasteiger partial charge is 0.586 e. The summed E-state index contributed by atoms with van der Waals surface area (Å²) in [6.45, 7) is 2.02. The van der Waals surface area contributed by atoms with Gasteiger partial charge in [-0.15, -0.1) is 8.78 Å². The molecule has 2 amide bonds. The molecule has 39 heavy (non-hydrogen) atoms. The van der Waals surface area contributed by atoms with Gasteiger partial charge < -0.3 is 19.7 Å². The number of alkyl halides is 2. The number of hydrogen-bond acceptors (Lipinski definition) is 7. The van der Waals surface area contributed by atoms with Crippen LogP contribution in [0, 0.1) is 6.92 Å². The molecule has 13 heteroatoms. The maximum Gasteiger partial charge on any atom is 0.586 e. The molecule has 0 unspecified atom stereocenters. The molecule has 0 aliphatic carbocycles. The first-order valence-corrected chi connectivity index (χ1v) is 14.0. The predicted molar refractivity (Wildman–Crippen MR) is 138 cm³/mol. The van der Waals surface area contributed by atoms with Crippen LogP contribution in [0.4, 0.5) is 8.78 Å². The van der Waals surface area contributed by atoms with E-state index in [0.717, 1.165) is 11.1 Å². The van der Waals surface area contributed by atoms with Gasteiger partial charge in [0.25, 0.3) is 11.8 Å². The molecule has 2 aromatic rings. The Morgan fingerprint density at radius 3 is 2.54 bits per heavy atom. The monoisotopic (exact) mass is 562 g/mol. The molecule has 1 saturated heterocycles. The highest BCUT2D eigenvalue weighted by atomic mass is 32.2. The summed E-state index contributed by atoms with van der Waals surface area (Å²) in [7, 11) is -0.296. The second-order valence-electron chi connectivity index (χ2n) is 10.1. The number of halogens is 2. The van der Waals surface area contributed by atoms with Gasteiger partial charge in [-0.25, -0.2) is 12.7 Å². The van der Waals surface area contributed by atoms with Crippen LogP contribution >= 0.6 is 0 Å². The number of carbonyl (C=O) groups is 2. The summed E-state index contributed by atoms with van der Waals surface area (Å²) >= 11 is 0. The molecule has 1 N–H and O–H groups in total. The Balaban J connectivity index is 1.25. The third-order valence-corrected chi connectivity index (χ3v) is 9.10. The summed E-state index contributed by atoms with van der Waals surface area (Å²) in [4.78, 5) is 31.1. The number of nitrogens with zero attached hydrogens (tertiary/aromatic N) is 3. The molecule has 3 aliphatic rings. The van der Waals surface area contributed by atoms with E-state index in [0.29, 0.717) is 5.56 Å². The summed E-state index contributed by atoms with van der Waals surface area (Å²) in [5.74, 6) is -0.957. The van der Waals surface area contributed by atoms with Crippen molar-refractivity contribution in [3.05, 3.63) is 58.7 Å². The van der Waals surface area contributed by atoms with E-state index < -0.39 is 27.8 Å². The molecule has 10 nitrogen and oxygen atoms in total. The number of amides is 2. The van der Waals surface area contributed by atoms with Gasteiger partial charge in [0, 0.05) is 32.7 Å². The Hall–Kier alpha value is -3.58. The van der Waals surface area contributed by atoms with Crippen molar-refractivity contribution in [2.24, 2.45) is 4.99 Å². The fourth-order valence-electron chi connectivity index (χ4n) is 5.01. The minimum Gasteiger partial charge on any atom is -0.395 e. The van der Waals surface area contributed by atoms with E-state index in [2.05, 4.69) is 19.8 Å². The fourth-order valence-corrected chi connectivity index (χ4v) is 6.48. The SMILES string of the molecule is Cc1cc(C(=O)N(C)C)ccc1CCS(=O)(=O)N1CCC2(CC1)N=C(c1cccc3c1OC(F)(F)O3)NC2=O. The Morgan fingerprint density at radius 1 is 1.15 bits per heavy atom. The molecule has 5 rings (SSSR count). The molecule has 0 bridgehead atoms. The zero-order valence-corrected chi connectivity index (χ0v) is 22.5. The summed E-state index contributed by atoms with van der Waals surface area (Å²) in [5, 5.41) is 2.65. The molecular formula is C26H28F2N4O6S. The number of nitrogens with one attached hydrogen (secondary N) is 1. The second kappa shape index (κ2) is 9.56. The van der Waals surface area contributed by atoms with Crippen molar-refractivity contribution in [1.29, 1.82) is 0 Å². The quantitative estimate of drug-likeness (QED) is 0.578. The van der Waals surface area contributed by atoms with E-state index in [4.69, 9.17) is 0 Å². The maximum absolute atomic E-state index is 13.6. The van der Waals surface area contributed by atoms with Crippen molar-refractivity contribution in [1.82, 2.24) is 14.5 Å². The molecule has 0 saturated carbocycles. The van der Waals surface area contributed by atoms with Gasteiger partial charge in [-0.05, 0) is 61.6 Å². The van der Waals surface area contributed by atoms with Crippen LogP contribution in [0.1, 0.15) is 39.9 Å². The Morgan fingerprint density at radius 2 is 1.87 bits per heavy atom. The lowest BCUT2D eigenvalue weighted by Gasteiger charge is -2.34. The van der Waals surface area contributed by atoms with Crippen molar-refractivity contribution >= 4 is 27.7 Å². The first-order valence-electron chi connectivity index (χ1n) is 12.4. The smallest absolute Gasteiger partial charge is 0.395 e. The van der Waals surface area contributed by atoms with Crippen LogP contribution in [0.15, 0.2) is 41.4 Å². The van der Waals surface area contributed by atoms with Gasteiger partial charge in [-0.2, -0.15) is 0 Å². The van der Waals surface area contributed by atoms with Crippen molar-refractivity contribution in [3.8, 4) is 11.5 Å². The van der Waals surface area contributed by atoms with Gasteiger partial charge in [-0.3, -0.25) is 14.6 Å². The number of benzene rings is 2. The third kappa shape index (κ3) is 5.08. The zero-order valence-electron chi connectivity index (χ0n) is 21.7. The summed E-state index contributed by atoms with van der Waals surface area (Å²) < 4.78 is 63.9. The fraction of sp³-hybridized carbons (Fsp3) is 0.423.